The monoisotopic (exact) mass is 654 g/mol. The van der Waals surface area contributed by atoms with E-state index in [1.807, 2.05) is 0 Å². The van der Waals surface area contributed by atoms with Crippen molar-refractivity contribution < 1.29 is 27.8 Å². The Morgan fingerprint density at radius 3 is 2.42 bits per heavy atom. The smallest absolute Gasteiger partial charge is 0.416 e. The molecule has 0 amide bonds. The van der Waals surface area contributed by atoms with Gasteiger partial charge in [0.1, 0.15) is 6.20 Å². The van der Waals surface area contributed by atoms with Crippen LogP contribution in [0.4, 0.5) is 24.5 Å². The van der Waals surface area contributed by atoms with Gasteiger partial charge in [-0.05, 0) is 46.3 Å². The highest BCUT2D eigenvalue weighted by Crippen LogP contribution is 2.39. The van der Waals surface area contributed by atoms with Gasteiger partial charge < -0.3 is 4.74 Å². The van der Waals surface area contributed by atoms with Crippen LogP contribution in [0.2, 0.25) is 0 Å². The summed E-state index contributed by atoms with van der Waals surface area (Å²) in [6.45, 7) is 0. The van der Waals surface area contributed by atoms with Crippen molar-refractivity contribution in [3.63, 3.8) is 0 Å². The van der Waals surface area contributed by atoms with E-state index in [0.717, 1.165) is 47.4 Å². The van der Waals surface area contributed by atoms with Crippen molar-refractivity contribution in [2.75, 3.05) is 0 Å². The molecule has 0 atom stereocenters. The van der Waals surface area contributed by atoms with Crippen molar-refractivity contribution in [3.05, 3.63) is 125 Å². The number of aromatic nitrogens is 3. The number of rotatable bonds is 7. The summed E-state index contributed by atoms with van der Waals surface area (Å²) in [7, 11) is 0. The van der Waals surface area contributed by atoms with Crippen LogP contribution < -0.4 is 10.3 Å². The highest BCUT2D eigenvalue weighted by molar-refractivity contribution is 9.10. The minimum Gasteiger partial charge on any atom is -0.431 e. The number of ether oxygens (including phenoxy) is 1. The fraction of sp³-hybridized carbons (Fsp3) is 0.0370. The Balaban J connectivity index is 1.59. The molecule has 0 saturated heterocycles. The molecular weight excluding hydrogens is 641 g/mol. The summed E-state index contributed by atoms with van der Waals surface area (Å²) in [4.78, 5) is 42.9. The van der Waals surface area contributed by atoms with Gasteiger partial charge in [0.2, 0.25) is 11.6 Å². The molecule has 0 saturated carbocycles. The molecule has 0 aliphatic carbocycles. The maximum atomic E-state index is 13.4. The molecule has 0 bridgehead atoms. The van der Waals surface area contributed by atoms with Crippen LogP contribution in [0.15, 0.2) is 93.4 Å². The van der Waals surface area contributed by atoms with E-state index in [4.69, 9.17) is 4.74 Å². The standard InChI is InChI=1S/C27H14BrF3N6O6/c28-20-10-15(11-22(37(41)42)24(20)43-23-9-8-18(14-32-23)36(39)40)13-33-35-25(16-4-3-5-17(12-16)27(29,30)31)34-21-7-2-1-6-19(21)26(35)38/h1-14H. The van der Waals surface area contributed by atoms with E-state index in [2.05, 4.69) is 31.0 Å². The van der Waals surface area contributed by atoms with Gasteiger partial charge in [-0.3, -0.25) is 25.0 Å². The summed E-state index contributed by atoms with van der Waals surface area (Å²) in [5.74, 6) is -0.614. The second-order valence-corrected chi connectivity index (χ2v) is 9.57. The highest BCUT2D eigenvalue weighted by Gasteiger charge is 2.31. The van der Waals surface area contributed by atoms with E-state index < -0.39 is 32.8 Å². The topological polar surface area (TPSA) is 156 Å². The van der Waals surface area contributed by atoms with Crippen LogP contribution in [0.5, 0.6) is 11.6 Å². The van der Waals surface area contributed by atoms with Gasteiger partial charge in [0.25, 0.3) is 11.2 Å². The summed E-state index contributed by atoms with van der Waals surface area (Å²) in [5.41, 5.74) is -2.20. The number of hydrogen-bond acceptors (Lipinski definition) is 9. The third kappa shape index (κ3) is 6.08. The minimum atomic E-state index is -4.65. The average molecular weight is 655 g/mol. The van der Waals surface area contributed by atoms with E-state index in [-0.39, 0.29) is 49.6 Å². The first-order valence-electron chi connectivity index (χ1n) is 11.9. The Bertz CT molecular complexity index is 2000. The number of pyridine rings is 1. The zero-order chi connectivity index (χ0) is 30.9. The second kappa shape index (κ2) is 11.4. The molecule has 2 heterocycles. The molecule has 2 aromatic heterocycles. The van der Waals surface area contributed by atoms with Crippen molar-refractivity contribution >= 4 is 44.4 Å². The van der Waals surface area contributed by atoms with E-state index in [0.29, 0.717) is 0 Å². The van der Waals surface area contributed by atoms with Crippen LogP contribution in [0.3, 0.4) is 0 Å². The van der Waals surface area contributed by atoms with Gasteiger partial charge in [0, 0.05) is 29.3 Å². The number of alkyl halides is 3. The van der Waals surface area contributed by atoms with Crippen molar-refractivity contribution in [1.29, 1.82) is 0 Å². The lowest BCUT2D eigenvalue weighted by atomic mass is 10.1. The van der Waals surface area contributed by atoms with Gasteiger partial charge >= 0.3 is 11.9 Å². The maximum absolute atomic E-state index is 13.4. The van der Waals surface area contributed by atoms with Crippen molar-refractivity contribution in [2.45, 2.75) is 6.18 Å². The number of fused-ring (bicyclic) bond motifs is 1. The molecule has 0 radical (unpaired) electrons. The van der Waals surface area contributed by atoms with Crippen molar-refractivity contribution in [2.24, 2.45) is 5.10 Å². The fourth-order valence-electron chi connectivity index (χ4n) is 3.93. The molecule has 43 heavy (non-hydrogen) atoms. The summed E-state index contributed by atoms with van der Waals surface area (Å²) >= 11 is 3.20. The third-order valence-electron chi connectivity index (χ3n) is 5.91. The molecule has 0 unspecified atom stereocenters. The van der Waals surface area contributed by atoms with E-state index in [1.165, 1.54) is 30.3 Å². The number of nitro groups is 2. The van der Waals surface area contributed by atoms with Gasteiger partial charge in [-0.2, -0.15) is 22.9 Å². The predicted octanol–water partition coefficient (Wildman–Crippen LogP) is 6.73. The Morgan fingerprint density at radius 2 is 1.74 bits per heavy atom. The SMILES string of the molecule is O=c1c2ccccc2nc(-c2cccc(C(F)(F)F)c2)n1N=Cc1cc(Br)c(Oc2ccc([N+](=O)[O-])cn2)c([N+](=O)[O-])c1. The summed E-state index contributed by atoms with van der Waals surface area (Å²) < 4.78 is 46.7. The minimum absolute atomic E-state index is 0.0404. The fourth-order valence-corrected chi connectivity index (χ4v) is 4.48. The first-order chi connectivity index (χ1) is 20.4. The largest absolute Gasteiger partial charge is 0.431 e. The lowest BCUT2D eigenvalue weighted by Gasteiger charge is -2.12. The van der Waals surface area contributed by atoms with Gasteiger partial charge in [-0.1, -0.05) is 24.3 Å². The molecule has 0 fully saturated rings. The van der Waals surface area contributed by atoms with Crippen LogP contribution in [0.1, 0.15) is 11.1 Å². The number of nitrogens with zero attached hydrogens (tertiary/aromatic N) is 6. The zero-order valence-electron chi connectivity index (χ0n) is 21.2. The number of benzene rings is 3. The molecule has 0 aliphatic heterocycles. The summed E-state index contributed by atoms with van der Waals surface area (Å²) in [6.07, 6.45) is -2.63. The summed E-state index contributed by atoms with van der Waals surface area (Å²) in [5, 5.41) is 27.0. The number of hydrogen-bond donors (Lipinski definition) is 0. The van der Waals surface area contributed by atoms with Gasteiger partial charge in [-0.15, -0.1) is 0 Å². The summed E-state index contributed by atoms with van der Waals surface area (Å²) in [6, 6.07) is 15.2. The Hall–Kier alpha value is -5.51. The molecule has 0 spiro atoms. The molecule has 12 nitrogen and oxygen atoms in total. The molecule has 0 N–H and O–H groups in total. The first kappa shape index (κ1) is 29.0. The Labute approximate surface area is 246 Å². The van der Waals surface area contributed by atoms with E-state index >= 15 is 0 Å². The molecule has 5 rings (SSSR count). The van der Waals surface area contributed by atoms with Crippen LogP contribution in [-0.2, 0) is 6.18 Å². The quantitative estimate of drug-likeness (QED) is 0.106. The Kier molecular flexibility index (Phi) is 7.69. The normalized spacial score (nSPS) is 11.6. The number of nitro benzene ring substituents is 1. The molecule has 3 aromatic carbocycles. The molecular formula is C27H14BrF3N6O6. The van der Waals surface area contributed by atoms with Gasteiger partial charge in [-0.25, -0.2) is 9.97 Å². The van der Waals surface area contributed by atoms with Crippen LogP contribution in [0.25, 0.3) is 22.3 Å². The zero-order valence-corrected chi connectivity index (χ0v) is 22.8. The second-order valence-electron chi connectivity index (χ2n) is 8.71. The third-order valence-corrected chi connectivity index (χ3v) is 6.49. The van der Waals surface area contributed by atoms with Crippen LogP contribution in [0, 0.1) is 20.2 Å². The number of halogens is 4. The van der Waals surface area contributed by atoms with E-state index in [1.54, 1.807) is 12.1 Å². The Morgan fingerprint density at radius 1 is 0.977 bits per heavy atom. The molecule has 16 heteroatoms. The first-order valence-corrected chi connectivity index (χ1v) is 12.7. The van der Waals surface area contributed by atoms with Gasteiger partial charge in [0.05, 0.1) is 37.0 Å². The molecule has 5 aromatic rings. The van der Waals surface area contributed by atoms with Crippen molar-refractivity contribution in [3.8, 4) is 23.0 Å². The predicted molar refractivity (Wildman–Crippen MR) is 151 cm³/mol. The highest BCUT2D eigenvalue weighted by atomic mass is 79.9. The van der Waals surface area contributed by atoms with E-state index in [9.17, 15) is 38.2 Å². The molecule has 0 aliphatic rings. The maximum Gasteiger partial charge on any atom is 0.416 e. The average Bonchev–Trinajstić information content (AvgIpc) is 2.97. The molecule has 216 valence electrons. The van der Waals surface area contributed by atoms with Gasteiger partial charge in [0.15, 0.2) is 5.82 Å². The lowest BCUT2D eigenvalue weighted by Crippen LogP contribution is -2.20. The van der Waals surface area contributed by atoms with Crippen LogP contribution >= 0.6 is 15.9 Å². The lowest BCUT2D eigenvalue weighted by molar-refractivity contribution is -0.385. The van der Waals surface area contributed by atoms with Crippen LogP contribution in [-0.4, -0.2) is 30.7 Å². The number of para-hydroxylation sites is 1. The van der Waals surface area contributed by atoms with Crippen molar-refractivity contribution in [1.82, 2.24) is 14.6 Å².